The van der Waals surface area contributed by atoms with Crippen LogP contribution < -0.4 is 5.32 Å². The molecule has 0 atom stereocenters. The van der Waals surface area contributed by atoms with Gasteiger partial charge in [0.05, 0.1) is 12.1 Å². The smallest absolute Gasteiger partial charge is 0.252 e. The van der Waals surface area contributed by atoms with Crippen LogP contribution in [0.3, 0.4) is 0 Å². The van der Waals surface area contributed by atoms with Crippen LogP contribution in [-0.2, 0) is 6.54 Å². The van der Waals surface area contributed by atoms with E-state index >= 15 is 0 Å². The van der Waals surface area contributed by atoms with Gasteiger partial charge in [-0.25, -0.2) is 4.98 Å². The van der Waals surface area contributed by atoms with Crippen molar-refractivity contribution in [2.75, 3.05) is 0 Å². The first-order valence-corrected chi connectivity index (χ1v) is 5.99. The highest BCUT2D eigenvalue weighted by Crippen LogP contribution is 2.18. The van der Waals surface area contributed by atoms with Crippen molar-refractivity contribution in [2.45, 2.75) is 13.5 Å². The van der Waals surface area contributed by atoms with Gasteiger partial charge in [-0.05, 0) is 40.5 Å². The van der Waals surface area contributed by atoms with Crippen LogP contribution in [0.2, 0.25) is 0 Å². The molecule has 0 saturated carbocycles. The summed E-state index contributed by atoms with van der Waals surface area (Å²) in [6.07, 6.45) is 3.38. The van der Waals surface area contributed by atoms with Crippen LogP contribution in [0.25, 0.3) is 0 Å². The van der Waals surface area contributed by atoms with Crippen LogP contribution in [0.1, 0.15) is 21.7 Å². The second kappa shape index (κ2) is 5.14. The zero-order chi connectivity index (χ0) is 12.3. The topological polar surface area (TPSA) is 57.8 Å². The zero-order valence-electron chi connectivity index (χ0n) is 9.33. The molecule has 1 aromatic carbocycles. The number of rotatable bonds is 3. The number of benzene rings is 1. The predicted molar refractivity (Wildman–Crippen MR) is 68.6 cm³/mol. The monoisotopic (exact) mass is 293 g/mol. The Morgan fingerprint density at radius 3 is 3.00 bits per heavy atom. The first-order chi connectivity index (χ1) is 8.16. The Morgan fingerprint density at radius 1 is 1.53 bits per heavy atom. The summed E-state index contributed by atoms with van der Waals surface area (Å²) in [5.74, 6) is 0.620. The molecule has 0 fully saturated rings. The lowest BCUT2D eigenvalue weighted by Gasteiger charge is -2.06. The third-order valence-electron chi connectivity index (χ3n) is 2.34. The van der Waals surface area contributed by atoms with E-state index in [1.807, 2.05) is 19.1 Å². The molecule has 2 N–H and O–H groups in total. The van der Waals surface area contributed by atoms with Crippen molar-refractivity contribution in [3.05, 3.63) is 52.0 Å². The fraction of sp³-hybridized carbons (Fsp3) is 0.167. The minimum Gasteiger partial charge on any atom is -0.347 e. The van der Waals surface area contributed by atoms with Gasteiger partial charge in [-0.15, -0.1) is 0 Å². The minimum absolute atomic E-state index is 0.117. The molecule has 88 valence electrons. The number of aryl methyl sites for hydroxylation is 1. The van der Waals surface area contributed by atoms with E-state index in [1.165, 1.54) is 0 Å². The van der Waals surface area contributed by atoms with Crippen LogP contribution in [0.15, 0.2) is 35.1 Å². The van der Waals surface area contributed by atoms with E-state index in [2.05, 4.69) is 31.2 Å². The van der Waals surface area contributed by atoms with E-state index in [9.17, 15) is 4.79 Å². The molecule has 1 amide bonds. The first kappa shape index (κ1) is 11.9. The van der Waals surface area contributed by atoms with Gasteiger partial charge >= 0.3 is 0 Å². The SMILES string of the molecule is Cc1ccc(C(=O)NCc2ncc[nH]2)c(Br)c1. The molecular weight excluding hydrogens is 282 g/mol. The van der Waals surface area contributed by atoms with Crippen molar-refractivity contribution < 1.29 is 4.79 Å². The lowest BCUT2D eigenvalue weighted by Crippen LogP contribution is -2.23. The lowest BCUT2D eigenvalue weighted by atomic mass is 10.1. The summed E-state index contributed by atoms with van der Waals surface area (Å²) in [6.45, 7) is 2.38. The number of aromatic amines is 1. The molecule has 0 aliphatic carbocycles. The average Bonchev–Trinajstić information content (AvgIpc) is 2.78. The van der Waals surface area contributed by atoms with Gasteiger partial charge in [0.2, 0.25) is 0 Å². The van der Waals surface area contributed by atoms with Gasteiger partial charge in [-0.2, -0.15) is 0 Å². The van der Waals surface area contributed by atoms with Crippen molar-refractivity contribution in [2.24, 2.45) is 0 Å². The van der Waals surface area contributed by atoms with E-state index in [0.29, 0.717) is 12.1 Å². The first-order valence-electron chi connectivity index (χ1n) is 5.19. The van der Waals surface area contributed by atoms with Gasteiger partial charge in [0.25, 0.3) is 5.91 Å². The number of hydrogen-bond donors (Lipinski definition) is 2. The average molecular weight is 294 g/mol. The second-order valence-corrected chi connectivity index (χ2v) is 4.56. The predicted octanol–water partition coefficient (Wildman–Crippen LogP) is 2.41. The van der Waals surface area contributed by atoms with Gasteiger partial charge in [-0.1, -0.05) is 6.07 Å². The van der Waals surface area contributed by atoms with Crippen molar-refractivity contribution in [1.29, 1.82) is 0 Å². The Hall–Kier alpha value is -1.62. The number of hydrogen-bond acceptors (Lipinski definition) is 2. The van der Waals surface area contributed by atoms with Crippen molar-refractivity contribution in [3.63, 3.8) is 0 Å². The number of aromatic nitrogens is 2. The molecule has 0 aliphatic heterocycles. The van der Waals surface area contributed by atoms with Crippen molar-refractivity contribution in [3.8, 4) is 0 Å². The van der Waals surface area contributed by atoms with E-state index in [4.69, 9.17) is 0 Å². The summed E-state index contributed by atoms with van der Waals surface area (Å²) in [7, 11) is 0. The van der Waals surface area contributed by atoms with E-state index in [-0.39, 0.29) is 5.91 Å². The lowest BCUT2D eigenvalue weighted by molar-refractivity contribution is 0.0949. The number of imidazole rings is 1. The molecule has 5 heteroatoms. The third-order valence-corrected chi connectivity index (χ3v) is 3.00. The highest BCUT2D eigenvalue weighted by molar-refractivity contribution is 9.10. The molecular formula is C12H12BrN3O. The van der Waals surface area contributed by atoms with Gasteiger partial charge in [0.15, 0.2) is 0 Å². The molecule has 4 nitrogen and oxygen atoms in total. The number of H-pyrrole nitrogens is 1. The summed E-state index contributed by atoms with van der Waals surface area (Å²) >= 11 is 3.38. The number of halogens is 1. The summed E-state index contributed by atoms with van der Waals surface area (Å²) in [6, 6.07) is 5.63. The summed E-state index contributed by atoms with van der Waals surface area (Å²) in [5, 5.41) is 2.80. The fourth-order valence-electron chi connectivity index (χ4n) is 1.46. The maximum Gasteiger partial charge on any atom is 0.252 e. The molecule has 0 radical (unpaired) electrons. The highest BCUT2D eigenvalue weighted by Gasteiger charge is 2.09. The van der Waals surface area contributed by atoms with Gasteiger partial charge in [0, 0.05) is 16.9 Å². The van der Waals surface area contributed by atoms with Crippen LogP contribution in [0, 0.1) is 6.92 Å². The second-order valence-electron chi connectivity index (χ2n) is 3.70. The number of carbonyl (C=O) groups excluding carboxylic acids is 1. The van der Waals surface area contributed by atoms with Crippen LogP contribution >= 0.6 is 15.9 Å². The van der Waals surface area contributed by atoms with Gasteiger partial charge in [-0.3, -0.25) is 4.79 Å². The molecule has 0 saturated heterocycles. The van der Waals surface area contributed by atoms with E-state index in [0.717, 1.165) is 15.9 Å². The molecule has 0 spiro atoms. The van der Waals surface area contributed by atoms with Crippen LogP contribution in [-0.4, -0.2) is 15.9 Å². The number of carbonyl (C=O) groups is 1. The fourth-order valence-corrected chi connectivity index (χ4v) is 2.13. The van der Waals surface area contributed by atoms with Gasteiger partial charge in [0.1, 0.15) is 5.82 Å². The van der Waals surface area contributed by atoms with E-state index < -0.39 is 0 Å². The zero-order valence-corrected chi connectivity index (χ0v) is 10.9. The maximum atomic E-state index is 11.9. The summed E-state index contributed by atoms with van der Waals surface area (Å²) < 4.78 is 0.800. The molecule has 0 bridgehead atoms. The Balaban J connectivity index is 2.04. The summed E-state index contributed by atoms with van der Waals surface area (Å²) in [4.78, 5) is 18.9. The van der Waals surface area contributed by atoms with Crippen LogP contribution in [0.5, 0.6) is 0 Å². The van der Waals surface area contributed by atoms with E-state index in [1.54, 1.807) is 18.5 Å². The number of amides is 1. The standard InChI is InChI=1S/C12H12BrN3O/c1-8-2-3-9(10(13)6-8)12(17)16-7-11-14-4-5-15-11/h2-6H,7H2,1H3,(H,14,15)(H,16,17). The summed E-state index contributed by atoms with van der Waals surface area (Å²) in [5.41, 5.74) is 1.74. The molecule has 17 heavy (non-hydrogen) atoms. The molecule has 1 aromatic heterocycles. The Labute approximate surface area is 108 Å². The Kier molecular flexibility index (Phi) is 3.58. The number of nitrogens with one attached hydrogen (secondary N) is 2. The van der Waals surface area contributed by atoms with Gasteiger partial charge < -0.3 is 10.3 Å². The maximum absolute atomic E-state index is 11.9. The molecule has 2 aromatic rings. The molecule has 0 aliphatic rings. The normalized spacial score (nSPS) is 10.2. The minimum atomic E-state index is -0.117. The molecule has 2 rings (SSSR count). The van der Waals surface area contributed by atoms with Crippen molar-refractivity contribution in [1.82, 2.24) is 15.3 Å². The Morgan fingerprint density at radius 2 is 2.35 bits per heavy atom. The molecule has 0 unspecified atom stereocenters. The quantitative estimate of drug-likeness (QED) is 0.913. The number of nitrogens with zero attached hydrogens (tertiary/aromatic N) is 1. The van der Waals surface area contributed by atoms with Crippen LogP contribution in [0.4, 0.5) is 0 Å². The largest absolute Gasteiger partial charge is 0.347 e. The third kappa shape index (κ3) is 2.94. The highest BCUT2D eigenvalue weighted by atomic mass is 79.9. The molecule has 1 heterocycles. The van der Waals surface area contributed by atoms with Crippen molar-refractivity contribution >= 4 is 21.8 Å². The Bertz CT molecular complexity index is 523.